The second kappa shape index (κ2) is 6.58. The number of quaternary nitrogens is 1. The minimum atomic E-state index is -0.180. The van der Waals surface area contributed by atoms with E-state index < -0.39 is 0 Å². The normalized spacial score (nSPS) is 22.8. The minimum Gasteiger partial charge on any atom is -0.497 e. The Labute approximate surface area is 136 Å². The summed E-state index contributed by atoms with van der Waals surface area (Å²) >= 11 is 0. The van der Waals surface area contributed by atoms with Crippen LogP contribution in [0.5, 0.6) is 5.75 Å². The van der Waals surface area contributed by atoms with Crippen LogP contribution in [0, 0.1) is 0 Å². The van der Waals surface area contributed by atoms with E-state index >= 15 is 0 Å². The Morgan fingerprint density at radius 2 is 1.83 bits per heavy atom. The van der Waals surface area contributed by atoms with Crippen LogP contribution in [-0.2, 0) is 9.59 Å². The number of methoxy groups -OCH3 is 1. The molecule has 3 rings (SSSR count). The molecule has 2 saturated heterocycles. The number of hydrogen-bond donors (Lipinski definition) is 1. The molecule has 1 atom stereocenters. The van der Waals surface area contributed by atoms with Gasteiger partial charge in [-0.2, -0.15) is 0 Å². The van der Waals surface area contributed by atoms with Crippen molar-refractivity contribution in [2.45, 2.75) is 19.4 Å². The number of nitrogens with zero attached hydrogens (tertiary/aromatic N) is 2. The molecule has 0 unspecified atom stereocenters. The fourth-order valence-corrected chi connectivity index (χ4v) is 3.53. The van der Waals surface area contributed by atoms with Gasteiger partial charge >= 0.3 is 0 Å². The molecule has 0 aliphatic carbocycles. The van der Waals surface area contributed by atoms with Gasteiger partial charge in [-0.15, -0.1) is 0 Å². The first kappa shape index (κ1) is 15.8. The third-order valence-electron chi connectivity index (χ3n) is 4.90. The largest absolute Gasteiger partial charge is 0.497 e. The van der Waals surface area contributed by atoms with Crippen molar-refractivity contribution in [3.63, 3.8) is 0 Å². The maximum atomic E-state index is 12.3. The molecule has 2 amide bonds. The molecule has 1 aromatic rings. The fraction of sp³-hybridized carbons (Fsp3) is 0.529. The SMILES string of the molecule is CCN1C(=O)C[C@H]([NH+]2CCN(c3ccc(OC)cc3)CC2)C1=O. The first-order chi connectivity index (χ1) is 11.1. The van der Waals surface area contributed by atoms with Gasteiger partial charge in [0.05, 0.1) is 39.7 Å². The maximum absolute atomic E-state index is 12.3. The number of carbonyl (C=O) groups excluding carboxylic acids is 2. The fourth-order valence-electron chi connectivity index (χ4n) is 3.53. The number of piperazine rings is 1. The van der Waals surface area contributed by atoms with Crippen LogP contribution in [0.3, 0.4) is 0 Å². The molecule has 2 heterocycles. The van der Waals surface area contributed by atoms with Gasteiger partial charge in [-0.1, -0.05) is 0 Å². The zero-order chi connectivity index (χ0) is 16.4. The number of nitrogens with one attached hydrogen (secondary N) is 1. The number of benzene rings is 1. The number of likely N-dealkylation sites (N-methyl/N-ethyl adjacent to an activating group) is 1. The van der Waals surface area contributed by atoms with E-state index in [2.05, 4.69) is 17.0 Å². The molecule has 0 radical (unpaired) electrons. The van der Waals surface area contributed by atoms with Gasteiger partial charge in [-0.05, 0) is 31.2 Å². The molecule has 0 aromatic heterocycles. The van der Waals surface area contributed by atoms with Crippen molar-refractivity contribution in [3.8, 4) is 5.75 Å². The van der Waals surface area contributed by atoms with E-state index in [9.17, 15) is 9.59 Å². The van der Waals surface area contributed by atoms with Crippen LogP contribution in [0.4, 0.5) is 5.69 Å². The van der Waals surface area contributed by atoms with Crippen LogP contribution in [0.2, 0.25) is 0 Å². The Balaban J connectivity index is 1.60. The molecule has 1 N–H and O–H groups in total. The van der Waals surface area contributed by atoms with Crippen molar-refractivity contribution in [2.24, 2.45) is 0 Å². The Morgan fingerprint density at radius 1 is 1.17 bits per heavy atom. The number of carbonyl (C=O) groups is 2. The number of likely N-dealkylation sites (tertiary alicyclic amines) is 1. The maximum Gasteiger partial charge on any atom is 0.288 e. The number of ether oxygens (including phenoxy) is 1. The molecule has 6 heteroatoms. The van der Waals surface area contributed by atoms with Crippen molar-refractivity contribution in [1.29, 1.82) is 0 Å². The molecule has 0 saturated carbocycles. The topological polar surface area (TPSA) is 54.3 Å². The molecular formula is C17H24N3O3+. The van der Waals surface area contributed by atoms with E-state index in [1.54, 1.807) is 7.11 Å². The Kier molecular flexibility index (Phi) is 4.52. The average molecular weight is 318 g/mol. The van der Waals surface area contributed by atoms with Crippen LogP contribution in [0.25, 0.3) is 0 Å². The molecule has 0 bridgehead atoms. The first-order valence-electron chi connectivity index (χ1n) is 8.21. The van der Waals surface area contributed by atoms with Crippen LogP contribution < -0.4 is 14.5 Å². The van der Waals surface area contributed by atoms with Gasteiger partial charge in [0.25, 0.3) is 5.91 Å². The lowest BCUT2D eigenvalue weighted by atomic mass is 10.1. The van der Waals surface area contributed by atoms with Gasteiger partial charge in [-0.3, -0.25) is 14.5 Å². The minimum absolute atomic E-state index is 0.00500. The van der Waals surface area contributed by atoms with Gasteiger partial charge in [0.2, 0.25) is 5.91 Å². The smallest absolute Gasteiger partial charge is 0.288 e. The van der Waals surface area contributed by atoms with E-state index in [-0.39, 0.29) is 17.9 Å². The summed E-state index contributed by atoms with van der Waals surface area (Å²) in [6.45, 7) is 5.90. The molecule has 124 valence electrons. The zero-order valence-electron chi connectivity index (χ0n) is 13.7. The van der Waals surface area contributed by atoms with Gasteiger partial charge in [0, 0.05) is 12.2 Å². The molecular weight excluding hydrogens is 294 g/mol. The summed E-state index contributed by atoms with van der Waals surface area (Å²) in [5, 5.41) is 0. The van der Waals surface area contributed by atoms with E-state index in [1.807, 2.05) is 19.1 Å². The highest BCUT2D eigenvalue weighted by molar-refractivity contribution is 6.04. The third-order valence-corrected chi connectivity index (χ3v) is 4.90. The van der Waals surface area contributed by atoms with E-state index in [0.29, 0.717) is 13.0 Å². The third kappa shape index (κ3) is 3.03. The predicted molar refractivity (Wildman–Crippen MR) is 86.7 cm³/mol. The van der Waals surface area contributed by atoms with Gasteiger partial charge in [0.15, 0.2) is 6.04 Å². The van der Waals surface area contributed by atoms with Crippen LogP contribution in [0.1, 0.15) is 13.3 Å². The summed E-state index contributed by atoms with van der Waals surface area (Å²) in [5.74, 6) is 0.839. The summed E-state index contributed by atoms with van der Waals surface area (Å²) in [4.78, 5) is 29.2. The van der Waals surface area contributed by atoms with E-state index in [4.69, 9.17) is 4.74 Å². The summed E-state index contributed by atoms with van der Waals surface area (Å²) in [6, 6.07) is 7.87. The van der Waals surface area contributed by atoms with Crippen molar-refractivity contribution >= 4 is 17.5 Å². The number of anilines is 1. The van der Waals surface area contributed by atoms with Crippen molar-refractivity contribution in [1.82, 2.24) is 4.90 Å². The number of rotatable bonds is 4. The highest BCUT2D eigenvalue weighted by Gasteiger charge is 2.44. The predicted octanol–water partition coefficient (Wildman–Crippen LogP) is -0.452. The molecule has 0 spiro atoms. The molecule has 2 aliphatic rings. The Hall–Kier alpha value is -2.08. The van der Waals surface area contributed by atoms with Crippen LogP contribution in [-0.4, -0.2) is 62.6 Å². The Morgan fingerprint density at radius 3 is 2.35 bits per heavy atom. The first-order valence-corrected chi connectivity index (χ1v) is 8.21. The molecule has 2 fully saturated rings. The molecule has 1 aromatic carbocycles. The summed E-state index contributed by atoms with van der Waals surface area (Å²) in [5.41, 5.74) is 1.17. The monoisotopic (exact) mass is 318 g/mol. The van der Waals surface area contributed by atoms with Gasteiger partial charge < -0.3 is 14.5 Å². The second-order valence-electron chi connectivity index (χ2n) is 6.08. The number of imide groups is 1. The van der Waals surface area contributed by atoms with Crippen molar-refractivity contribution in [2.75, 3.05) is 44.7 Å². The molecule has 23 heavy (non-hydrogen) atoms. The van der Waals surface area contributed by atoms with Crippen LogP contribution in [0.15, 0.2) is 24.3 Å². The highest BCUT2D eigenvalue weighted by atomic mass is 16.5. The average Bonchev–Trinajstić information content (AvgIpc) is 2.89. The highest BCUT2D eigenvalue weighted by Crippen LogP contribution is 2.19. The summed E-state index contributed by atoms with van der Waals surface area (Å²) in [7, 11) is 1.66. The summed E-state index contributed by atoms with van der Waals surface area (Å²) in [6.07, 6.45) is 0.366. The zero-order valence-corrected chi connectivity index (χ0v) is 13.7. The van der Waals surface area contributed by atoms with Crippen LogP contribution >= 0.6 is 0 Å². The lowest BCUT2D eigenvalue weighted by Crippen LogP contribution is -3.19. The van der Waals surface area contributed by atoms with Crippen molar-refractivity contribution < 1.29 is 19.2 Å². The number of amides is 2. The molecule has 6 nitrogen and oxygen atoms in total. The second-order valence-corrected chi connectivity index (χ2v) is 6.08. The lowest BCUT2D eigenvalue weighted by molar-refractivity contribution is -0.915. The quantitative estimate of drug-likeness (QED) is 0.764. The van der Waals surface area contributed by atoms with E-state index in [1.165, 1.54) is 15.5 Å². The Bertz CT molecular complexity index is 579. The van der Waals surface area contributed by atoms with Gasteiger partial charge in [-0.25, -0.2) is 0 Å². The number of hydrogen-bond acceptors (Lipinski definition) is 4. The lowest BCUT2D eigenvalue weighted by Gasteiger charge is -2.35. The van der Waals surface area contributed by atoms with Crippen molar-refractivity contribution in [3.05, 3.63) is 24.3 Å². The molecule has 2 aliphatic heterocycles. The van der Waals surface area contributed by atoms with E-state index in [0.717, 1.165) is 31.9 Å². The van der Waals surface area contributed by atoms with Gasteiger partial charge in [0.1, 0.15) is 5.75 Å². The standard InChI is InChI=1S/C17H23N3O3/c1-3-20-16(21)12-15(17(20)22)19-10-8-18(9-11-19)13-4-6-14(23-2)7-5-13/h4-7,15H,3,8-12H2,1-2H3/p+1/t15-/m0/s1. The summed E-state index contributed by atoms with van der Waals surface area (Å²) < 4.78 is 5.19.